The van der Waals surface area contributed by atoms with Crippen LogP contribution in [-0.2, 0) is 14.3 Å². The van der Waals surface area contributed by atoms with Gasteiger partial charge in [-0.2, -0.15) is 0 Å². The summed E-state index contributed by atoms with van der Waals surface area (Å²) >= 11 is 0. The lowest BCUT2D eigenvalue weighted by atomic mass is 9.48. The number of fused-ring (bicyclic) bond motifs is 5. The van der Waals surface area contributed by atoms with Gasteiger partial charge in [0.05, 0.1) is 0 Å². The first-order chi connectivity index (χ1) is 14.6. The van der Waals surface area contributed by atoms with Crippen LogP contribution in [0.1, 0.15) is 83.7 Å². The van der Waals surface area contributed by atoms with Crippen LogP contribution in [0.3, 0.4) is 0 Å². The SMILES string of the molecule is CC(=O)O[C@@]1(C)CC[C@H]2[C@H]3C(=CC[C@@]21C)[C@@]1(C)CCC(=O)C=C1C[C@H]3c1ccc(C)o1. The fraction of sp³-hybridized carbons (Fsp3) is 0.630. The van der Waals surface area contributed by atoms with E-state index in [4.69, 9.17) is 9.15 Å². The Morgan fingerprint density at radius 3 is 2.65 bits per heavy atom. The highest BCUT2D eigenvalue weighted by Crippen LogP contribution is 2.68. The van der Waals surface area contributed by atoms with E-state index in [2.05, 4.69) is 32.9 Å². The first kappa shape index (κ1) is 20.8. The maximum atomic E-state index is 12.3. The van der Waals surface area contributed by atoms with Gasteiger partial charge in [0.1, 0.15) is 17.1 Å². The summed E-state index contributed by atoms with van der Waals surface area (Å²) in [6, 6.07) is 4.17. The van der Waals surface area contributed by atoms with Crippen LogP contribution in [0.5, 0.6) is 0 Å². The van der Waals surface area contributed by atoms with Gasteiger partial charge in [-0.1, -0.05) is 31.1 Å². The van der Waals surface area contributed by atoms with Crippen molar-refractivity contribution in [3.8, 4) is 0 Å². The third kappa shape index (κ3) is 2.86. The molecule has 6 atom stereocenters. The van der Waals surface area contributed by atoms with Gasteiger partial charge in [0.2, 0.25) is 0 Å². The normalized spacial score (nSPS) is 41.6. The van der Waals surface area contributed by atoms with Crippen molar-refractivity contribution in [1.29, 1.82) is 0 Å². The van der Waals surface area contributed by atoms with Gasteiger partial charge in [-0.3, -0.25) is 9.59 Å². The topological polar surface area (TPSA) is 56.5 Å². The molecule has 0 radical (unpaired) electrons. The number of ketones is 1. The van der Waals surface area contributed by atoms with Crippen LogP contribution in [0.2, 0.25) is 0 Å². The van der Waals surface area contributed by atoms with Crippen molar-refractivity contribution in [2.24, 2.45) is 22.7 Å². The number of furan rings is 1. The van der Waals surface area contributed by atoms with Gasteiger partial charge >= 0.3 is 5.97 Å². The Kier molecular flexibility index (Phi) is 4.49. The molecule has 1 aromatic rings. The first-order valence-corrected chi connectivity index (χ1v) is 11.8. The Labute approximate surface area is 185 Å². The largest absolute Gasteiger partial charge is 0.466 e. The van der Waals surface area contributed by atoms with Gasteiger partial charge < -0.3 is 9.15 Å². The molecule has 166 valence electrons. The summed E-state index contributed by atoms with van der Waals surface area (Å²) in [5.41, 5.74) is 2.17. The summed E-state index contributed by atoms with van der Waals surface area (Å²) in [7, 11) is 0. The zero-order chi connectivity index (χ0) is 22.2. The molecule has 4 aliphatic rings. The number of esters is 1. The second-order valence-electron chi connectivity index (χ2n) is 11.0. The average molecular weight is 423 g/mol. The minimum atomic E-state index is -0.450. The minimum absolute atomic E-state index is 0.0432. The quantitative estimate of drug-likeness (QED) is 0.430. The highest BCUT2D eigenvalue weighted by Gasteiger charge is 2.64. The highest BCUT2D eigenvalue weighted by atomic mass is 16.6. The van der Waals surface area contributed by atoms with Crippen molar-refractivity contribution in [2.45, 2.75) is 84.7 Å². The highest BCUT2D eigenvalue weighted by molar-refractivity contribution is 5.92. The van der Waals surface area contributed by atoms with Crippen LogP contribution in [0.25, 0.3) is 0 Å². The molecule has 0 bridgehead atoms. The molecule has 0 unspecified atom stereocenters. The summed E-state index contributed by atoms with van der Waals surface area (Å²) in [5.74, 6) is 3.00. The number of ether oxygens (including phenoxy) is 1. The lowest BCUT2D eigenvalue weighted by molar-refractivity contribution is -0.170. The maximum absolute atomic E-state index is 12.3. The molecule has 0 amide bonds. The van der Waals surface area contributed by atoms with Gasteiger partial charge in [-0.15, -0.1) is 0 Å². The van der Waals surface area contributed by atoms with E-state index in [0.29, 0.717) is 18.3 Å². The summed E-state index contributed by atoms with van der Waals surface area (Å²) in [4.78, 5) is 24.3. The Bertz CT molecular complexity index is 1010. The summed E-state index contributed by atoms with van der Waals surface area (Å²) in [6.45, 7) is 10.3. The van der Waals surface area contributed by atoms with Gasteiger partial charge in [-0.25, -0.2) is 0 Å². The van der Waals surface area contributed by atoms with E-state index in [1.165, 1.54) is 18.1 Å². The summed E-state index contributed by atoms with van der Waals surface area (Å²) in [6.07, 6.45) is 9.62. The molecular weight excluding hydrogens is 388 g/mol. The van der Waals surface area contributed by atoms with Gasteiger partial charge in [-0.05, 0) is 76.0 Å². The molecule has 4 nitrogen and oxygen atoms in total. The molecule has 31 heavy (non-hydrogen) atoms. The van der Waals surface area contributed by atoms with E-state index >= 15 is 0 Å². The maximum Gasteiger partial charge on any atom is 0.303 e. The smallest absolute Gasteiger partial charge is 0.303 e. The van der Waals surface area contributed by atoms with Crippen molar-refractivity contribution in [1.82, 2.24) is 0 Å². The van der Waals surface area contributed by atoms with Crippen LogP contribution in [0, 0.1) is 29.6 Å². The van der Waals surface area contributed by atoms with Crippen molar-refractivity contribution in [3.05, 3.63) is 47.0 Å². The molecule has 1 aromatic heterocycles. The van der Waals surface area contributed by atoms with Crippen LogP contribution < -0.4 is 0 Å². The number of carbonyl (C=O) groups is 2. The number of carbonyl (C=O) groups excluding carboxylic acids is 2. The third-order valence-electron chi connectivity index (χ3n) is 9.42. The molecule has 1 heterocycles. The monoisotopic (exact) mass is 422 g/mol. The number of rotatable bonds is 2. The van der Waals surface area contributed by atoms with Crippen LogP contribution >= 0.6 is 0 Å². The lowest BCUT2D eigenvalue weighted by Gasteiger charge is -2.57. The van der Waals surface area contributed by atoms with Gasteiger partial charge in [0.25, 0.3) is 0 Å². The molecule has 4 aliphatic carbocycles. The molecule has 0 saturated heterocycles. The zero-order valence-electron chi connectivity index (χ0n) is 19.4. The van der Waals surface area contributed by atoms with Crippen molar-refractivity contribution in [2.75, 3.05) is 0 Å². The second kappa shape index (κ2) is 6.70. The van der Waals surface area contributed by atoms with Gasteiger partial charge in [0.15, 0.2) is 5.78 Å². The van der Waals surface area contributed by atoms with Crippen molar-refractivity contribution in [3.63, 3.8) is 0 Å². The van der Waals surface area contributed by atoms with E-state index in [1.807, 2.05) is 19.1 Å². The van der Waals surface area contributed by atoms with Crippen LogP contribution in [-0.4, -0.2) is 17.4 Å². The Morgan fingerprint density at radius 1 is 1.19 bits per heavy atom. The van der Waals surface area contributed by atoms with E-state index in [0.717, 1.165) is 43.6 Å². The average Bonchev–Trinajstić information content (AvgIpc) is 3.23. The second-order valence-corrected chi connectivity index (χ2v) is 11.0. The van der Waals surface area contributed by atoms with Crippen LogP contribution in [0.4, 0.5) is 0 Å². The molecule has 0 N–H and O–H groups in total. The molecule has 0 aliphatic heterocycles. The first-order valence-electron chi connectivity index (χ1n) is 11.8. The third-order valence-corrected chi connectivity index (χ3v) is 9.42. The molecule has 0 spiro atoms. The molecule has 4 heteroatoms. The van der Waals surface area contributed by atoms with Crippen LogP contribution in [0.15, 0.2) is 39.8 Å². The van der Waals surface area contributed by atoms with E-state index < -0.39 is 5.60 Å². The number of aryl methyl sites for hydroxylation is 1. The van der Waals surface area contributed by atoms with Crippen molar-refractivity contribution < 1.29 is 18.7 Å². The number of hydrogen-bond donors (Lipinski definition) is 0. The van der Waals surface area contributed by atoms with E-state index in [9.17, 15) is 9.59 Å². The molecule has 2 fully saturated rings. The zero-order valence-corrected chi connectivity index (χ0v) is 19.4. The number of hydrogen-bond acceptors (Lipinski definition) is 4. The predicted octanol–water partition coefficient (Wildman–Crippen LogP) is 6.06. The fourth-order valence-electron chi connectivity index (χ4n) is 7.49. The summed E-state index contributed by atoms with van der Waals surface area (Å²) < 4.78 is 12.2. The Hall–Kier alpha value is -2.10. The Balaban J connectivity index is 1.65. The summed E-state index contributed by atoms with van der Waals surface area (Å²) in [5, 5.41) is 0. The molecule has 5 rings (SSSR count). The molecular formula is C27H34O4. The van der Waals surface area contributed by atoms with Crippen molar-refractivity contribution >= 4 is 11.8 Å². The predicted molar refractivity (Wildman–Crippen MR) is 118 cm³/mol. The standard InChI is InChI=1S/C27H34O4/c1-16-6-7-23(30-16)20-15-18-14-19(29)8-11-25(18,3)21-9-12-26(4)22(24(20)21)10-13-27(26,5)31-17(2)28/h6-7,9,14,20,22,24H,8,10-13,15H2,1-5H3/t20-,22-,24+,25-,26-,27-/m0/s1. The van der Waals surface area contributed by atoms with E-state index in [1.54, 1.807) is 0 Å². The lowest BCUT2D eigenvalue weighted by Crippen LogP contribution is -2.52. The Morgan fingerprint density at radius 2 is 1.97 bits per heavy atom. The minimum Gasteiger partial charge on any atom is -0.466 e. The molecule has 2 saturated carbocycles. The molecule has 0 aromatic carbocycles. The number of allylic oxidation sites excluding steroid dienone is 4. The fourth-order valence-corrected chi connectivity index (χ4v) is 7.49. The van der Waals surface area contributed by atoms with Gasteiger partial charge in [0, 0.05) is 30.1 Å². The van der Waals surface area contributed by atoms with E-state index in [-0.39, 0.29) is 28.5 Å².